The van der Waals surface area contributed by atoms with Crippen LogP contribution in [0.2, 0.25) is 0 Å². The molecule has 0 unspecified atom stereocenters. The van der Waals surface area contributed by atoms with Crippen LogP contribution >= 0.6 is 0 Å². The molecule has 0 spiro atoms. The summed E-state index contributed by atoms with van der Waals surface area (Å²) in [6, 6.07) is 16.0. The second kappa shape index (κ2) is 8.67. The summed E-state index contributed by atoms with van der Waals surface area (Å²) in [4.78, 5) is 14.6. The minimum absolute atomic E-state index is 0.0363. The second-order valence-corrected chi connectivity index (χ2v) is 6.49. The highest BCUT2D eigenvalue weighted by Gasteiger charge is 2.14. The fourth-order valence-electron chi connectivity index (χ4n) is 3.27. The molecule has 2 aromatic carbocycles. The van der Waals surface area contributed by atoms with Gasteiger partial charge in [-0.15, -0.1) is 0 Å². The topological polar surface area (TPSA) is 41.6 Å². The Bertz CT molecular complexity index is 715. The van der Waals surface area contributed by atoms with E-state index in [1.54, 1.807) is 13.2 Å². The number of hydrogen-bond acceptors (Lipinski definition) is 3. The van der Waals surface area contributed by atoms with Crippen molar-refractivity contribution in [1.29, 1.82) is 0 Å². The maximum atomic E-state index is 12.1. The molecule has 1 N–H and O–H groups in total. The molecule has 0 fully saturated rings. The summed E-state index contributed by atoms with van der Waals surface area (Å²) in [7, 11) is 1.61. The monoisotopic (exact) mass is 338 g/mol. The number of ether oxygens (including phenoxy) is 1. The molecular weight excluding hydrogens is 312 g/mol. The van der Waals surface area contributed by atoms with Crippen molar-refractivity contribution in [3.63, 3.8) is 0 Å². The van der Waals surface area contributed by atoms with Gasteiger partial charge in [0.2, 0.25) is 0 Å². The number of hydrogen-bond donors (Lipinski definition) is 1. The molecule has 0 bridgehead atoms. The summed E-state index contributed by atoms with van der Waals surface area (Å²) in [5.74, 6) is 0.670. The lowest BCUT2D eigenvalue weighted by Crippen LogP contribution is -2.32. The van der Waals surface area contributed by atoms with E-state index in [0.717, 1.165) is 38.9 Å². The summed E-state index contributed by atoms with van der Waals surface area (Å²) >= 11 is 0. The Hall–Kier alpha value is -2.33. The molecule has 0 atom stereocenters. The zero-order valence-corrected chi connectivity index (χ0v) is 14.8. The van der Waals surface area contributed by atoms with Gasteiger partial charge in [0.15, 0.2) is 0 Å². The van der Waals surface area contributed by atoms with Crippen LogP contribution in [-0.4, -0.2) is 37.6 Å². The highest BCUT2D eigenvalue weighted by molar-refractivity contribution is 5.94. The standard InChI is InChI=1S/C21H26N2O2/c1-25-20-10-6-9-18(15-20)21(24)22-12-4-5-13-23-14-11-17-7-2-3-8-19(17)16-23/h2-3,6-10,15H,4-5,11-14,16H2,1H3,(H,22,24). The van der Waals surface area contributed by atoms with Gasteiger partial charge < -0.3 is 10.1 Å². The predicted octanol–water partition coefficient (Wildman–Crippen LogP) is 3.26. The summed E-state index contributed by atoms with van der Waals surface area (Å²) in [5, 5.41) is 2.99. The largest absolute Gasteiger partial charge is 0.497 e. The van der Waals surface area contributed by atoms with Gasteiger partial charge in [-0.3, -0.25) is 9.69 Å². The van der Waals surface area contributed by atoms with Gasteiger partial charge in [0.25, 0.3) is 5.91 Å². The van der Waals surface area contributed by atoms with E-state index in [-0.39, 0.29) is 5.91 Å². The molecule has 0 saturated heterocycles. The Morgan fingerprint density at radius 2 is 1.96 bits per heavy atom. The number of nitrogens with one attached hydrogen (secondary N) is 1. The zero-order valence-electron chi connectivity index (χ0n) is 14.8. The van der Waals surface area contributed by atoms with Crippen molar-refractivity contribution in [1.82, 2.24) is 10.2 Å². The molecule has 1 aliphatic rings. The Balaban J connectivity index is 1.36. The van der Waals surface area contributed by atoms with Gasteiger partial charge in [0, 0.05) is 25.2 Å². The number of carbonyl (C=O) groups excluding carboxylic acids is 1. The highest BCUT2D eigenvalue weighted by Crippen LogP contribution is 2.18. The van der Waals surface area contributed by atoms with Crippen molar-refractivity contribution in [3.05, 3.63) is 65.2 Å². The van der Waals surface area contributed by atoms with Crippen molar-refractivity contribution in [2.24, 2.45) is 0 Å². The number of nitrogens with zero attached hydrogens (tertiary/aromatic N) is 1. The first-order chi connectivity index (χ1) is 12.3. The van der Waals surface area contributed by atoms with E-state index in [2.05, 4.69) is 34.5 Å². The molecule has 1 amide bonds. The first-order valence-electron chi connectivity index (χ1n) is 8.97. The minimum Gasteiger partial charge on any atom is -0.497 e. The lowest BCUT2D eigenvalue weighted by atomic mass is 10.00. The third-order valence-electron chi connectivity index (χ3n) is 4.73. The fraction of sp³-hybridized carbons (Fsp3) is 0.381. The van der Waals surface area contributed by atoms with Crippen LogP contribution in [0, 0.1) is 0 Å². The van der Waals surface area contributed by atoms with E-state index in [9.17, 15) is 4.79 Å². The molecule has 4 heteroatoms. The number of benzene rings is 2. The number of carbonyl (C=O) groups is 1. The van der Waals surface area contributed by atoms with Crippen LogP contribution in [0.1, 0.15) is 34.3 Å². The SMILES string of the molecule is COc1cccc(C(=O)NCCCCN2CCc3ccccc3C2)c1. The number of amides is 1. The molecule has 0 aliphatic carbocycles. The Morgan fingerprint density at radius 3 is 2.80 bits per heavy atom. The molecular formula is C21H26N2O2. The quantitative estimate of drug-likeness (QED) is 0.788. The molecule has 25 heavy (non-hydrogen) atoms. The predicted molar refractivity (Wildman–Crippen MR) is 100.0 cm³/mol. The Labute approximate surface area is 149 Å². The highest BCUT2D eigenvalue weighted by atomic mass is 16.5. The van der Waals surface area contributed by atoms with Crippen molar-refractivity contribution in [2.45, 2.75) is 25.8 Å². The van der Waals surface area contributed by atoms with Gasteiger partial charge in [0.1, 0.15) is 5.75 Å². The van der Waals surface area contributed by atoms with E-state index in [1.165, 1.54) is 11.1 Å². The Kier molecular flexibility index (Phi) is 6.07. The lowest BCUT2D eigenvalue weighted by molar-refractivity contribution is 0.0952. The van der Waals surface area contributed by atoms with Crippen LogP contribution in [0.5, 0.6) is 5.75 Å². The van der Waals surface area contributed by atoms with Crippen LogP contribution in [0.15, 0.2) is 48.5 Å². The van der Waals surface area contributed by atoms with Crippen LogP contribution in [-0.2, 0) is 13.0 Å². The van der Waals surface area contributed by atoms with E-state index in [4.69, 9.17) is 4.74 Å². The van der Waals surface area contributed by atoms with E-state index in [0.29, 0.717) is 17.9 Å². The zero-order chi connectivity index (χ0) is 17.5. The summed E-state index contributed by atoms with van der Waals surface area (Å²) in [6.07, 6.45) is 3.23. The number of rotatable bonds is 7. The van der Waals surface area contributed by atoms with E-state index < -0.39 is 0 Å². The maximum Gasteiger partial charge on any atom is 0.251 e. The first-order valence-corrected chi connectivity index (χ1v) is 8.97. The van der Waals surface area contributed by atoms with Crippen molar-refractivity contribution < 1.29 is 9.53 Å². The molecule has 0 radical (unpaired) electrons. The summed E-state index contributed by atoms with van der Waals surface area (Å²) in [6.45, 7) is 3.98. The molecule has 2 aromatic rings. The number of methoxy groups -OCH3 is 1. The van der Waals surface area contributed by atoms with Gasteiger partial charge in [-0.25, -0.2) is 0 Å². The third kappa shape index (κ3) is 4.83. The fourth-order valence-corrected chi connectivity index (χ4v) is 3.27. The molecule has 0 aromatic heterocycles. The van der Waals surface area contributed by atoms with Gasteiger partial charge in [-0.1, -0.05) is 30.3 Å². The molecule has 1 aliphatic heterocycles. The van der Waals surface area contributed by atoms with Crippen molar-refractivity contribution >= 4 is 5.91 Å². The van der Waals surface area contributed by atoms with E-state index in [1.807, 2.05) is 18.2 Å². The second-order valence-electron chi connectivity index (χ2n) is 6.49. The molecule has 0 saturated carbocycles. The van der Waals surface area contributed by atoms with Gasteiger partial charge in [0.05, 0.1) is 7.11 Å². The van der Waals surface area contributed by atoms with Gasteiger partial charge >= 0.3 is 0 Å². The summed E-state index contributed by atoms with van der Waals surface area (Å²) in [5.41, 5.74) is 3.59. The molecule has 4 nitrogen and oxygen atoms in total. The molecule has 1 heterocycles. The molecule has 132 valence electrons. The van der Waals surface area contributed by atoms with Crippen molar-refractivity contribution in [3.8, 4) is 5.75 Å². The Morgan fingerprint density at radius 1 is 1.12 bits per heavy atom. The van der Waals surface area contributed by atoms with Crippen LogP contribution in [0.25, 0.3) is 0 Å². The van der Waals surface area contributed by atoms with Crippen LogP contribution in [0.4, 0.5) is 0 Å². The number of fused-ring (bicyclic) bond motifs is 1. The maximum absolute atomic E-state index is 12.1. The minimum atomic E-state index is -0.0363. The lowest BCUT2D eigenvalue weighted by Gasteiger charge is -2.28. The average molecular weight is 338 g/mol. The summed E-state index contributed by atoms with van der Waals surface area (Å²) < 4.78 is 5.15. The van der Waals surface area contributed by atoms with Gasteiger partial charge in [-0.05, 0) is 55.1 Å². The third-order valence-corrected chi connectivity index (χ3v) is 4.73. The smallest absolute Gasteiger partial charge is 0.251 e. The molecule has 3 rings (SSSR count). The number of unbranched alkanes of at least 4 members (excludes halogenated alkanes) is 1. The van der Waals surface area contributed by atoms with E-state index >= 15 is 0 Å². The van der Waals surface area contributed by atoms with Crippen LogP contribution < -0.4 is 10.1 Å². The van der Waals surface area contributed by atoms with Gasteiger partial charge in [-0.2, -0.15) is 0 Å². The van der Waals surface area contributed by atoms with Crippen LogP contribution in [0.3, 0.4) is 0 Å². The first kappa shape index (κ1) is 17.5. The normalized spacial score (nSPS) is 14.0. The average Bonchev–Trinajstić information content (AvgIpc) is 2.67. The van der Waals surface area contributed by atoms with Crippen molar-refractivity contribution in [2.75, 3.05) is 26.7 Å².